The van der Waals surface area contributed by atoms with Gasteiger partial charge in [0.2, 0.25) is 0 Å². The van der Waals surface area contributed by atoms with Gasteiger partial charge in [-0.05, 0) is 24.1 Å². The van der Waals surface area contributed by atoms with E-state index in [-0.39, 0.29) is 0 Å². The molecular formula is C11H10N2S. The molecule has 0 amide bonds. The Hall–Kier alpha value is -1.48. The second-order valence-electron chi connectivity index (χ2n) is 3.15. The van der Waals surface area contributed by atoms with Gasteiger partial charge in [0, 0.05) is 5.56 Å². The Morgan fingerprint density at radius 2 is 2.07 bits per heavy atom. The van der Waals surface area contributed by atoms with Gasteiger partial charge in [0.25, 0.3) is 0 Å². The Labute approximate surface area is 87.6 Å². The molecule has 3 heteroatoms. The number of aryl methyl sites for hydroxylation is 1. The maximum absolute atomic E-state index is 5.02. The van der Waals surface area contributed by atoms with Crippen molar-refractivity contribution in [3.8, 4) is 11.1 Å². The lowest BCUT2D eigenvalue weighted by atomic mass is 10.0. The van der Waals surface area contributed by atoms with Gasteiger partial charge in [-0.2, -0.15) is 5.10 Å². The number of H-pyrrole nitrogens is 1. The summed E-state index contributed by atoms with van der Waals surface area (Å²) in [5.74, 6) is 0. The molecular weight excluding hydrogens is 192 g/mol. The molecule has 2 rings (SSSR count). The molecule has 1 N–H and O–H groups in total. The second kappa shape index (κ2) is 3.72. The van der Waals surface area contributed by atoms with Crippen LogP contribution in [0, 0.1) is 11.6 Å². The average Bonchev–Trinajstić information content (AvgIpc) is 2.18. The monoisotopic (exact) mass is 202 g/mol. The topological polar surface area (TPSA) is 28.7 Å². The van der Waals surface area contributed by atoms with Gasteiger partial charge >= 0.3 is 0 Å². The summed E-state index contributed by atoms with van der Waals surface area (Å²) in [4.78, 5) is 0. The average molecular weight is 202 g/mol. The zero-order valence-electron chi connectivity index (χ0n) is 7.82. The summed E-state index contributed by atoms with van der Waals surface area (Å²) >= 11 is 5.02. The van der Waals surface area contributed by atoms with Crippen molar-refractivity contribution < 1.29 is 0 Å². The van der Waals surface area contributed by atoms with E-state index in [2.05, 4.69) is 29.3 Å². The van der Waals surface area contributed by atoms with E-state index in [1.807, 2.05) is 18.2 Å². The number of benzene rings is 1. The molecule has 0 bridgehead atoms. The molecule has 0 aliphatic carbocycles. The van der Waals surface area contributed by atoms with Crippen LogP contribution in [0.15, 0.2) is 36.5 Å². The molecule has 0 fully saturated rings. The summed E-state index contributed by atoms with van der Waals surface area (Å²) < 4.78 is 0.658. The Balaban J connectivity index is 2.61. The summed E-state index contributed by atoms with van der Waals surface area (Å²) in [6, 6.07) is 10.1. The standard InChI is InChI=1S/C11H10N2S/c1-8-4-2-3-5-10(8)9-6-11(14)13-12-7-9/h2-7H,1H3,(H,13,14). The van der Waals surface area contributed by atoms with Gasteiger partial charge in [-0.25, -0.2) is 0 Å². The smallest absolute Gasteiger partial charge is 0.120 e. The van der Waals surface area contributed by atoms with Crippen LogP contribution in [0.2, 0.25) is 0 Å². The summed E-state index contributed by atoms with van der Waals surface area (Å²) in [6.45, 7) is 2.08. The fraction of sp³-hybridized carbons (Fsp3) is 0.0909. The van der Waals surface area contributed by atoms with E-state index in [0.717, 1.165) is 5.56 Å². The fourth-order valence-electron chi connectivity index (χ4n) is 1.42. The van der Waals surface area contributed by atoms with Crippen LogP contribution in [0.3, 0.4) is 0 Å². The SMILES string of the molecule is Cc1ccccc1-c1cn[nH]c(=S)c1. The molecule has 0 aliphatic heterocycles. The predicted octanol–water partition coefficient (Wildman–Crippen LogP) is 3.11. The molecule has 1 aromatic heterocycles. The first kappa shape index (κ1) is 9.09. The third-order valence-electron chi connectivity index (χ3n) is 2.12. The normalized spacial score (nSPS) is 10.1. The lowest BCUT2D eigenvalue weighted by molar-refractivity contribution is 1.02. The number of rotatable bonds is 1. The number of nitrogens with zero attached hydrogens (tertiary/aromatic N) is 1. The highest BCUT2D eigenvalue weighted by molar-refractivity contribution is 7.71. The minimum Gasteiger partial charge on any atom is -0.268 e. The van der Waals surface area contributed by atoms with E-state index < -0.39 is 0 Å². The molecule has 14 heavy (non-hydrogen) atoms. The molecule has 2 nitrogen and oxygen atoms in total. The van der Waals surface area contributed by atoms with Crippen molar-refractivity contribution >= 4 is 12.2 Å². The maximum Gasteiger partial charge on any atom is 0.120 e. The van der Waals surface area contributed by atoms with Crippen molar-refractivity contribution in [3.05, 3.63) is 46.7 Å². The summed E-state index contributed by atoms with van der Waals surface area (Å²) in [5.41, 5.74) is 3.47. The summed E-state index contributed by atoms with van der Waals surface area (Å²) in [5, 5.41) is 6.70. The van der Waals surface area contributed by atoms with Crippen molar-refractivity contribution in [1.29, 1.82) is 0 Å². The fourth-order valence-corrected chi connectivity index (χ4v) is 1.60. The highest BCUT2D eigenvalue weighted by Crippen LogP contribution is 2.21. The zero-order valence-corrected chi connectivity index (χ0v) is 8.64. The summed E-state index contributed by atoms with van der Waals surface area (Å²) in [7, 11) is 0. The van der Waals surface area contributed by atoms with Crippen molar-refractivity contribution in [1.82, 2.24) is 10.2 Å². The number of nitrogens with one attached hydrogen (secondary N) is 1. The summed E-state index contributed by atoms with van der Waals surface area (Å²) in [6.07, 6.45) is 1.79. The Morgan fingerprint density at radius 1 is 1.29 bits per heavy atom. The number of hydrogen-bond donors (Lipinski definition) is 1. The highest BCUT2D eigenvalue weighted by Gasteiger charge is 1.99. The highest BCUT2D eigenvalue weighted by atomic mass is 32.1. The van der Waals surface area contributed by atoms with Gasteiger partial charge in [0.1, 0.15) is 4.64 Å². The number of aromatic amines is 1. The molecule has 2 aromatic rings. The van der Waals surface area contributed by atoms with Crippen LogP contribution in [-0.4, -0.2) is 10.2 Å². The third-order valence-corrected chi connectivity index (χ3v) is 2.33. The quantitative estimate of drug-likeness (QED) is 0.720. The van der Waals surface area contributed by atoms with Crippen LogP contribution < -0.4 is 0 Å². The first-order valence-corrected chi connectivity index (χ1v) is 4.79. The minimum absolute atomic E-state index is 0.658. The maximum atomic E-state index is 5.02. The first-order valence-electron chi connectivity index (χ1n) is 4.38. The number of aromatic nitrogens is 2. The van der Waals surface area contributed by atoms with E-state index in [0.29, 0.717) is 4.64 Å². The zero-order chi connectivity index (χ0) is 9.97. The van der Waals surface area contributed by atoms with Gasteiger partial charge in [-0.15, -0.1) is 0 Å². The van der Waals surface area contributed by atoms with Gasteiger partial charge in [0.15, 0.2) is 0 Å². The van der Waals surface area contributed by atoms with Crippen molar-refractivity contribution in [2.24, 2.45) is 0 Å². The Morgan fingerprint density at radius 3 is 2.79 bits per heavy atom. The van der Waals surface area contributed by atoms with Crippen LogP contribution in [0.1, 0.15) is 5.56 Å². The van der Waals surface area contributed by atoms with Crippen molar-refractivity contribution in [2.75, 3.05) is 0 Å². The van der Waals surface area contributed by atoms with Crippen LogP contribution in [0.25, 0.3) is 11.1 Å². The molecule has 0 aliphatic rings. The second-order valence-corrected chi connectivity index (χ2v) is 3.59. The molecule has 70 valence electrons. The van der Waals surface area contributed by atoms with Crippen molar-refractivity contribution in [3.63, 3.8) is 0 Å². The van der Waals surface area contributed by atoms with Crippen LogP contribution >= 0.6 is 12.2 Å². The molecule has 0 radical (unpaired) electrons. The van der Waals surface area contributed by atoms with Crippen LogP contribution in [0.5, 0.6) is 0 Å². The van der Waals surface area contributed by atoms with Crippen LogP contribution in [-0.2, 0) is 0 Å². The molecule has 0 unspecified atom stereocenters. The largest absolute Gasteiger partial charge is 0.268 e. The van der Waals surface area contributed by atoms with E-state index in [9.17, 15) is 0 Å². The third kappa shape index (κ3) is 1.72. The lowest BCUT2D eigenvalue weighted by Gasteiger charge is -2.03. The predicted molar refractivity (Wildman–Crippen MR) is 59.6 cm³/mol. The minimum atomic E-state index is 0.658. The number of hydrogen-bond acceptors (Lipinski definition) is 2. The first-order chi connectivity index (χ1) is 6.77. The van der Waals surface area contributed by atoms with Crippen LogP contribution in [0.4, 0.5) is 0 Å². The van der Waals surface area contributed by atoms with Crippen molar-refractivity contribution in [2.45, 2.75) is 6.92 Å². The van der Waals surface area contributed by atoms with Gasteiger partial charge in [-0.3, -0.25) is 5.10 Å². The molecule has 0 atom stereocenters. The molecule has 0 saturated carbocycles. The van der Waals surface area contributed by atoms with Gasteiger partial charge < -0.3 is 0 Å². The Bertz CT molecular complexity index is 502. The molecule has 1 heterocycles. The molecule has 0 saturated heterocycles. The van der Waals surface area contributed by atoms with E-state index in [4.69, 9.17) is 12.2 Å². The molecule has 0 spiro atoms. The van der Waals surface area contributed by atoms with Gasteiger partial charge in [0.05, 0.1) is 6.20 Å². The Kier molecular flexibility index (Phi) is 2.41. The molecule has 1 aromatic carbocycles. The van der Waals surface area contributed by atoms with Gasteiger partial charge in [-0.1, -0.05) is 36.5 Å². The van der Waals surface area contributed by atoms with E-state index in [1.165, 1.54) is 11.1 Å². The van der Waals surface area contributed by atoms with E-state index >= 15 is 0 Å². The van der Waals surface area contributed by atoms with E-state index in [1.54, 1.807) is 6.20 Å². The lowest BCUT2D eigenvalue weighted by Crippen LogP contribution is -1.86.